The number of aromatic nitrogens is 1. The largest absolute Gasteiger partial charge is 0.384 e. The molecule has 3 aromatic rings. The fraction of sp³-hybridized carbons (Fsp3) is 0.0455. The highest BCUT2D eigenvalue weighted by atomic mass is 35.5. The Kier molecular flexibility index (Phi) is 5.46. The van der Waals surface area contributed by atoms with Crippen molar-refractivity contribution < 1.29 is 4.79 Å². The van der Waals surface area contributed by atoms with E-state index >= 15 is 0 Å². The lowest BCUT2D eigenvalue weighted by atomic mass is 9.83. The van der Waals surface area contributed by atoms with Gasteiger partial charge in [-0.25, -0.2) is 0 Å². The first-order valence-electron chi connectivity index (χ1n) is 9.01. The van der Waals surface area contributed by atoms with Gasteiger partial charge in [-0.05, 0) is 35.4 Å². The molecule has 0 fully saturated rings. The van der Waals surface area contributed by atoms with Gasteiger partial charge in [0.2, 0.25) is 5.91 Å². The van der Waals surface area contributed by atoms with Gasteiger partial charge in [0, 0.05) is 10.0 Å². The number of hydrogen-bond acceptors (Lipinski definition) is 5. The zero-order valence-corrected chi connectivity index (χ0v) is 18.1. The number of amides is 1. The molecule has 9 heteroatoms. The van der Waals surface area contributed by atoms with Gasteiger partial charge >= 0.3 is 0 Å². The van der Waals surface area contributed by atoms with Crippen LogP contribution in [0.4, 0.5) is 0 Å². The third-order valence-electron chi connectivity index (χ3n) is 4.92. The number of hydrogen-bond donors (Lipinski definition) is 2. The van der Waals surface area contributed by atoms with Crippen molar-refractivity contribution in [2.45, 2.75) is 5.92 Å². The van der Waals surface area contributed by atoms with Gasteiger partial charge < -0.3 is 11.5 Å². The highest BCUT2D eigenvalue weighted by molar-refractivity contribution is 7.07. The summed E-state index contributed by atoms with van der Waals surface area (Å²) in [6.45, 7) is 0. The smallest absolute Gasteiger partial charge is 0.274 e. The van der Waals surface area contributed by atoms with E-state index in [0.29, 0.717) is 20.1 Å². The second-order valence-corrected chi connectivity index (χ2v) is 8.63. The van der Waals surface area contributed by atoms with Gasteiger partial charge in [-0.1, -0.05) is 53.5 Å². The Bertz CT molecular complexity index is 1480. The van der Waals surface area contributed by atoms with Gasteiger partial charge in [0.05, 0.1) is 27.7 Å². The molecule has 2 aromatic carbocycles. The summed E-state index contributed by atoms with van der Waals surface area (Å²) in [5.41, 5.74) is 12.9. The monoisotopic (exact) mass is 468 g/mol. The van der Waals surface area contributed by atoms with Gasteiger partial charge in [0.25, 0.3) is 5.56 Å². The Morgan fingerprint density at radius 3 is 2.45 bits per heavy atom. The van der Waals surface area contributed by atoms with E-state index in [1.165, 1.54) is 4.57 Å². The molecule has 2 heterocycles. The van der Waals surface area contributed by atoms with E-state index in [0.717, 1.165) is 16.9 Å². The third kappa shape index (κ3) is 3.55. The molecule has 1 amide bonds. The van der Waals surface area contributed by atoms with Gasteiger partial charge in [-0.3, -0.25) is 14.2 Å². The van der Waals surface area contributed by atoms with Crippen molar-refractivity contribution in [1.82, 2.24) is 4.57 Å². The second kappa shape index (κ2) is 8.08. The van der Waals surface area contributed by atoms with Crippen molar-refractivity contribution in [1.29, 1.82) is 5.26 Å². The molecular weight excluding hydrogens is 455 g/mol. The van der Waals surface area contributed by atoms with Crippen LogP contribution >= 0.6 is 34.5 Å². The van der Waals surface area contributed by atoms with Crippen LogP contribution in [-0.4, -0.2) is 10.5 Å². The molecule has 1 aliphatic rings. The normalized spacial score (nSPS) is 16.2. The first kappa shape index (κ1) is 20.9. The summed E-state index contributed by atoms with van der Waals surface area (Å²) < 4.78 is 1.77. The van der Waals surface area contributed by atoms with Gasteiger partial charge in [-0.2, -0.15) is 5.26 Å². The molecule has 4 rings (SSSR count). The van der Waals surface area contributed by atoms with Crippen LogP contribution in [-0.2, 0) is 4.79 Å². The Hall–Kier alpha value is -3.31. The SMILES string of the molecule is N#CC1=C(N)n2c(s/c(=C/c3ccc(Cl)cc3)c2=O)=C(C(N)=O)C1c1ccccc1Cl. The third-order valence-corrected chi connectivity index (χ3v) is 6.62. The molecule has 0 aliphatic carbocycles. The lowest BCUT2D eigenvalue weighted by Crippen LogP contribution is -2.41. The topological polar surface area (TPSA) is 115 Å². The van der Waals surface area contributed by atoms with Gasteiger partial charge in [-0.15, -0.1) is 11.3 Å². The average molecular weight is 469 g/mol. The summed E-state index contributed by atoms with van der Waals surface area (Å²) in [7, 11) is 0. The Balaban J connectivity index is 2.10. The van der Waals surface area contributed by atoms with Crippen LogP contribution in [0.1, 0.15) is 17.0 Å². The molecule has 0 spiro atoms. The Labute approximate surface area is 190 Å². The zero-order valence-electron chi connectivity index (χ0n) is 15.8. The minimum absolute atomic E-state index is 0.0346. The highest BCUT2D eigenvalue weighted by Crippen LogP contribution is 2.38. The number of thiazole rings is 1. The quantitative estimate of drug-likeness (QED) is 0.612. The van der Waals surface area contributed by atoms with Crippen LogP contribution in [0.15, 0.2) is 58.9 Å². The molecule has 1 unspecified atom stereocenters. The summed E-state index contributed by atoms with van der Waals surface area (Å²) in [5.74, 6) is -1.69. The lowest BCUT2D eigenvalue weighted by Gasteiger charge is -2.24. The standard InChI is InChI=1S/C22H14Cl2N4O2S/c23-12-7-5-11(6-8-12)9-16-21(30)28-19(26)14(10-25)17(13-3-1-2-4-15(13)24)18(20(27)29)22(28)31-16/h1-9,17H,26H2,(H2,27,29)/b16-9+. The number of carbonyl (C=O) groups is 1. The number of primary amides is 1. The fourth-order valence-electron chi connectivity index (χ4n) is 3.52. The Morgan fingerprint density at radius 2 is 1.84 bits per heavy atom. The minimum Gasteiger partial charge on any atom is -0.384 e. The molecule has 0 radical (unpaired) electrons. The number of nitriles is 1. The van der Waals surface area contributed by atoms with Gasteiger partial charge in [0.15, 0.2) is 0 Å². The van der Waals surface area contributed by atoms with Crippen LogP contribution in [0.3, 0.4) is 0 Å². The van der Waals surface area contributed by atoms with Gasteiger partial charge in [0.1, 0.15) is 10.5 Å². The van der Waals surface area contributed by atoms with Crippen LogP contribution in [0.5, 0.6) is 0 Å². The number of carbonyl (C=O) groups excluding carboxylic acids is 1. The van der Waals surface area contributed by atoms with Crippen LogP contribution in [0.25, 0.3) is 17.5 Å². The lowest BCUT2D eigenvalue weighted by molar-refractivity contribution is -0.113. The molecule has 1 aliphatic heterocycles. The molecule has 4 N–H and O–H groups in total. The number of benzene rings is 2. The van der Waals surface area contributed by atoms with Crippen molar-refractivity contribution in [3.63, 3.8) is 0 Å². The van der Waals surface area contributed by atoms with E-state index in [-0.39, 0.29) is 21.6 Å². The molecule has 0 saturated heterocycles. The summed E-state index contributed by atoms with van der Waals surface area (Å²) in [6, 6.07) is 15.8. The number of nitrogens with zero attached hydrogens (tertiary/aromatic N) is 2. The first-order chi connectivity index (χ1) is 14.8. The van der Waals surface area contributed by atoms with E-state index < -0.39 is 17.4 Å². The summed E-state index contributed by atoms with van der Waals surface area (Å²) in [4.78, 5) is 25.7. The van der Waals surface area contributed by atoms with Crippen molar-refractivity contribution in [2.75, 3.05) is 0 Å². The number of halogens is 2. The molecule has 31 heavy (non-hydrogen) atoms. The molecule has 1 atom stereocenters. The molecule has 1 aromatic heterocycles. The van der Waals surface area contributed by atoms with E-state index in [1.54, 1.807) is 54.6 Å². The first-order valence-corrected chi connectivity index (χ1v) is 10.6. The number of fused-ring (bicyclic) bond motifs is 1. The maximum atomic E-state index is 13.1. The Morgan fingerprint density at radius 1 is 1.16 bits per heavy atom. The predicted molar refractivity (Wildman–Crippen MR) is 123 cm³/mol. The summed E-state index contributed by atoms with van der Waals surface area (Å²) in [6.07, 6.45) is 1.66. The maximum absolute atomic E-state index is 13.1. The van der Waals surface area contributed by atoms with Crippen molar-refractivity contribution in [3.05, 3.63) is 94.8 Å². The maximum Gasteiger partial charge on any atom is 0.274 e. The predicted octanol–water partition coefficient (Wildman–Crippen LogP) is 2.13. The second-order valence-electron chi connectivity index (χ2n) is 6.75. The van der Waals surface area contributed by atoms with E-state index in [4.69, 9.17) is 34.7 Å². The van der Waals surface area contributed by atoms with E-state index in [2.05, 4.69) is 0 Å². The van der Waals surface area contributed by atoms with Crippen LogP contribution < -0.4 is 26.2 Å². The van der Waals surface area contributed by atoms with Crippen molar-refractivity contribution >= 4 is 57.9 Å². The van der Waals surface area contributed by atoms with Crippen molar-refractivity contribution in [2.24, 2.45) is 11.5 Å². The van der Waals surface area contributed by atoms with Crippen LogP contribution in [0, 0.1) is 11.3 Å². The molecule has 0 bridgehead atoms. The van der Waals surface area contributed by atoms with E-state index in [1.807, 2.05) is 6.07 Å². The highest BCUT2D eigenvalue weighted by Gasteiger charge is 2.35. The summed E-state index contributed by atoms with van der Waals surface area (Å²) >= 11 is 13.4. The number of rotatable bonds is 3. The van der Waals surface area contributed by atoms with E-state index in [9.17, 15) is 14.9 Å². The average Bonchev–Trinajstić information content (AvgIpc) is 3.05. The summed E-state index contributed by atoms with van der Waals surface area (Å²) in [5, 5.41) is 10.8. The number of nitrogens with two attached hydrogens (primary N) is 2. The molecule has 154 valence electrons. The molecular formula is C22H14Cl2N4O2S. The molecule has 0 saturated carbocycles. The van der Waals surface area contributed by atoms with Crippen molar-refractivity contribution in [3.8, 4) is 6.07 Å². The minimum atomic E-state index is -0.877. The fourth-order valence-corrected chi connectivity index (χ4v) is 5.07. The molecule has 6 nitrogen and oxygen atoms in total. The van der Waals surface area contributed by atoms with Crippen LogP contribution in [0.2, 0.25) is 10.0 Å². The zero-order chi connectivity index (χ0) is 22.3. The number of allylic oxidation sites excluding steroid dienone is 1.